The number of carbonyl (C=O) groups excluding carboxylic acids is 1. The van der Waals surface area contributed by atoms with E-state index >= 15 is 0 Å². The molecule has 1 saturated heterocycles. The van der Waals surface area contributed by atoms with Gasteiger partial charge in [-0.05, 0) is 29.2 Å². The number of methoxy groups -OCH3 is 1. The van der Waals surface area contributed by atoms with E-state index in [9.17, 15) is 9.90 Å². The molecule has 116 valence electrons. The van der Waals surface area contributed by atoms with Crippen molar-refractivity contribution in [2.24, 2.45) is 0 Å². The second-order valence-corrected chi connectivity index (χ2v) is 6.16. The van der Waals surface area contributed by atoms with Crippen LogP contribution in [0, 0.1) is 0 Å². The van der Waals surface area contributed by atoms with E-state index in [-0.39, 0.29) is 24.0 Å². The molecule has 0 aromatic heterocycles. The van der Waals surface area contributed by atoms with Crippen LogP contribution in [0.1, 0.15) is 28.8 Å². The number of hydrogen-bond acceptors (Lipinski definition) is 4. The first-order valence-electron chi connectivity index (χ1n) is 7.70. The summed E-state index contributed by atoms with van der Waals surface area (Å²) in [5.41, 5.74) is 4.76. The Balaban J connectivity index is 1.91. The summed E-state index contributed by atoms with van der Waals surface area (Å²) >= 11 is 0. The van der Waals surface area contributed by atoms with E-state index in [0.717, 1.165) is 34.2 Å². The molecule has 2 aliphatic heterocycles. The van der Waals surface area contributed by atoms with Crippen molar-refractivity contribution in [3.63, 3.8) is 0 Å². The van der Waals surface area contributed by atoms with Crippen LogP contribution in [-0.4, -0.2) is 29.8 Å². The highest BCUT2D eigenvalue weighted by Crippen LogP contribution is 2.58. The van der Waals surface area contributed by atoms with Crippen molar-refractivity contribution in [2.45, 2.75) is 18.6 Å². The van der Waals surface area contributed by atoms with Gasteiger partial charge in [0.15, 0.2) is 17.6 Å². The molecule has 0 unspecified atom stereocenters. The van der Waals surface area contributed by atoms with E-state index < -0.39 is 0 Å². The zero-order chi connectivity index (χ0) is 15.7. The second kappa shape index (κ2) is 4.19. The Morgan fingerprint density at radius 1 is 1.35 bits per heavy atom. The highest BCUT2D eigenvalue weighted by Gasteiger charge is 2.51. The van der Waals surface area contributed by atoms with Crippen LogP contribution in [0.5, 0.6) is 11.5 Å². The van der Waals surface area contributed by atoms with Gasteiger partial charge in [0.05, 0.1) is 7.11 Å². The maximum atomic E-state index is 12.2. The maximum Gasteiger partial charge on any atom is 0.411 e. The highest BCUT2D eigenvalue weighted by molar-refractivity contribution is 5.86. The van der Waals surface area contributed by atoms with Crippen molar-refractivity contribution in [1.82, 2.24) is 4.90 Å². The third kappa shape index (κ3) is 1.44. The van der Waals surface area contributed by atoms with E-state index in [1.165, 1.54) is 0 Å². The Morgan fingerprint density at radius 2 is 2.17 bits per heavy atom. The minimum Gasteiger partial charge on any atom is -0.504 e. The fraction of sp³-hybridized carbons (Fsp3) is 0.278. The van der Waals surface area contributed by atoms with Crippen LogP contribution in [0.3, 0.4) is 0 Å². The van der Waals surface area contributed by atoms with Gasteiger partial charge in [0.1, 0.15) is 6.04 Å². The summed E-state index contributed by atoms with van der Waals surface area (Å²) < 4.78 is 11.0. The lowest BCUT2D eigenvalue weighted by molar-refractivity contribution is 0.130. The predicted molar refractivity (Wildman–Crippen MR) is 82.5 cm³/mol. The predicted octanol–water partition coefficient (Wildman–Crippen LogP) is 3.17. The van der Waals surface area contributed by atoms with Crippen molar-refractivity contribution in [2.75, 3.05) is 13.7 Å². The van der Waals surface area contributed by atoms with Crippen LogP contribution < -0.4 is 4.74 Å². The van der Waals surface area contributed by atoms with Crippen molar-refractivity contribution in [3.8, 4) is 22.6 Å². The molecule has 2 aromatic carbocycles. The van der Waals surface area contributed by atoms with Crippen LogP contribution in [0.2, 0.25) is 0 Å². The van der Waals surface area contributed by atoms with E-state index in [2.05, 4.69) is 0 Å². The summed E-state index contributed by atoms with van der Waals surface area (Å²) in [4.78, 5) is 14.0. The summed E-state index contributed by atoms with van der Waals surface area (Å²) in [6.45, 7) is 0.628. The molecule has 0 radical (unpaired) electrons. The third-order valence-corrected chi connectivity index (χ3v) is 5.15. The van der Waals surface area contributed by atoms with Gasteiger partial charge in [0.2, 0.25) is 0 Å². The summed E-state index contributed by atoms with van der Waals surface area (Å²) in [6, 6.07) is 9.52. The summed E-state index contributed by atoms with van der Waals surface area (Å²) in [5.74, 6) is 0.615. The topological polar surface area (TPSA) is 59.0 Å². The molecule has 2 heterocycles. The van der Waals surface area contributed by atoms with Gasteiger partial charge < -0.3 is 14.6 Å². The molecule has 3 aliphatic rings. The van der Waals surface area contributed by atoms with Crippen molar-refractivity contribution < 1.29 is 19.4 Å². The number of rotatable bonds is 1. The Bertz CT molecular complexity index is 860. The Morgan fingerprint density at radius 3 is 3.00 bits per heavy atom. The lowest BCUT2D eigenvalue weighted by Crippen LogP contribution is -2.36. The molecule has 1 N–H and O–H groups in total. The minimum atomic E-state index is -0.307. The number of aromatic hydroxyl groups is 1. The van der Waals surface area contributed by atoms with Crippen LogP contribution in [0.15, 0.2) is 30.3 Å². The Kier molecular flexibility index (Phi) is 2.33. The first-order valence-corrected chi connectivity index (χ1v) is 7.70. The number of fused-ring (bicyclic) bond motifs is 3. The normalized spacial score (nSPS) is 23.2. The quantitative estimate of drug-likeness (QED) is 0.879. The molecule has 5 rings (SSSR count). The fourth-order valence-corrected chi connectivity index (χ4v) is 4.19. The number of phenolic OH excluding ortho intramolecular Hbond substituents is 1. The van der Waals surface area contributed by atoms with Gasteiger partial charge in [-0.2, -0.15) is 0 Å². The third-order valence-electron chi connectivity index (χ3n) is 5.15. The van der Waals surface area contributed by atoms with Crippen LogP contribution in [0.25, 0.3) is 11.1 Å². The average Bonchev–Trinajstić information content (AvgIpc) is 2.92. The molecule has 0 bridgehead atoms. The molecule has 1 amide bonds. The van der Waals surface area contributed by atoms with E-state index in [0.29, 0.717) is 12.3 Å². The van der Waals surface area contributed by atoms with Gasteiger partial charge >= 0.3 is 6.09 Å². The largest absolute Gasteiger partial charge is 0.504 e. The monoisotopic (exact) mass is 309 g/mol. The number of amides is 1. The van der Waals surface area contributed by atoms with Gasteiger partial charge in [-0.15, -0.1) is 0 Å². The van der Waals surface area contributed by atoms with Crippen LogP contribution in [-0.2, 0) is 11.2 Å². The smallest absolute Gasteiger partial charge is 0.411 e. The molecule has 0 saturated carbocycles. The molecule has 5 heteroatoms. The van der Waals surface area contributed by atoms with E-state index in [4.69, 9.17) is 9.47 Å². The molecule has 23 heavy (non-hydrogen) atoms. The molecule has 1 fully saturated rings. The standard InChI is InChI=1S/C18H15NO4/c1-22-12-8-9-6-7-19-15-13(9)14(16(12)20)10-4-2-3-5-11(10)17(15)23-18(19)21/h2-5,8,15,17,20H,6-7H2,1H3/t15-,17+/m1/s1. The molecule has 2 aromatic rings. The van der Waals surface area contributed by atoms with Gasteiger partial charge in [-0.3, -0.25) is 4.90 Å². The molecular formula is C18H15NO4. The van der Waals surface area contributed by atoms with E-state index in [1.54, 1.807) is 12.0 Å². The maximum absolute atomic E-state index is 12.2. The molecule has 2 atom stereocenters. The summed E-state index contributed by atoms with van der Waals surface area (Å²) in [7, 11) is 1.56. The summed E-state index contributed by atoms with van der Waals surface area (Å²) in [5, 5.41) is 10.7. The zero-order valence-corrected chi connectivity index (χ0v) is 12.6. The first kappa shape index (κ1) is 12.8. The van der Waals surface area contributed by atoms with Gasteiger partial charge in [0.25, 0.3) is 0 Å². The lowest BCUT2D eigenvalue weighted by atomic mass is 9.75. The van der Waals surface area contributed by atoms with Gasteiger partial charge in [-0.1, -0.05) is 24.3 Å². The molecular weight excluding hydrogens is 294 g/mol. The average molecular weight is 309 g/mol. The van der Waals surface area contributed by atoms with Crippen molar-refractivity contribution >= 4 is 6.09 Å². The summed E-state index contributed by atoms with van der Waals surface area (Å²) in [6.07, 6.45) is 0.154. The SMILES string of the molecule is COc1cc2c3c(c1O)-c1ccccc1[C@@H]1OC(=O)N(CC2)[C@H]31. The van der Waals surface area contributed by atoms with Crippen molar-refractivity contribution in [1.29, 1.82) is 0 Å². The molecule has 0 spiro atoms. The number of hydrogen-bond donors (Lipinski definition) is 1. The van der Waals surface area contributed by atoms with Crippen LogP contribution >= 0.6 is 0 Å². The van der Waals surface area contributed by atoms with E-state index in [1.807, 2.05) is 30.3 Å². The number of phenols is 1. The molecule has 5 nitrogen and oxygen atoms in total. The Labute approximate surface area is 133 Å². The fourth-order valence-electron chi connectivity index (χ4n) is 4.19. The number of carbonyl (C=O) groups is 1. The second-order valence-electron chi connectivity index (χ2n) is 6.16. The van der Waals surface area contributed by atoms with Crippen LogP contribution in [0.4, 0.5) is 4.79 Å². The highest BCUT2D eigenvalue weighted by atomic mass is 16.6. The lowest BCUT2D eigenvalue weighted by Gasteiger charge is -2.37. The first-order chi connectivity index (χ1) is 11.2. The number of benzene rings is 2. The number of nitrogens with zero attached hydrogens (tertiary/aromatic N) is 1. The number of ether oxygens (including phenoxy) is 2. The van der Waals surface area contributed by atoms with Crippen molar-refractivity contribution in [3.05, 3.63) is 47.0 Å². The van der Waals surface area contributed by atoms with Gasteiger partial charge in [0, 0.05) is 17.7 Å². The Hall–Kier alpha value is -2.69. The minimum absolute atomic E-state index is 0.137. The van der Waals surface area contributed by atoms with Gasteiger partial charge in [-0.25, -0.2) is 4.79 Å². The zero-order valence-electron chi connectivity index (χ0n) is 12.6. The molecule has 1 aliphatic carbocycles.